The summed E-state index contributed by atoms with van der Waals surface area (Å²) in [6.07, 6.45) is 6.74. The summed E-state index contributed by atoms with van der Waals surface area (Å²) in [5.41, 5.74) is 6.59. The number of amides is 1. The lowest BCUT2D eigenvalue weighted by atomic mass is 10.0. The van der Waals surface area contributed by atoms with E-state index in [1.165, 1.54) is 30.4 Å². The first kappa shape index (κ1) is 29.8. The summed E-state index contributed by atoms with van der Waals surface area (Å²) in [7, 11) is 0. The molecule has 1 aromatic carbocycles. The first-order valence-electron chi connectivity index (χ1n) is 12.5. The van der Waals surface area contributed by atoms with Gasteiger partial charge in [0.2, 0.25) is 0 Å². The fraction of sp³-hybridized carbons (Fsp3) is 0.630. The van der Waals surface area contributed by atoms with Crippen molar-refractivity contribution in [3.8, 4) is 0 Å². The van der Waals surface area contributed by atoms with Gasteiger partial charge < -0.3 is 14.4 Å². The number of carbonyl (C=O) groups excluding carboxylic acids is 2. The minimum absolute atomic E-state index is 0.0374. The van der Waals surface area contributed by atoms with Crippen LogP contribution in [0.4, 0.5) is 0 Å². The second-order valence-corrected chi connectivity index (χ2v) is 9.43. The maximum atomic E-state index is 13.2. The number of rotatable bonds is 9. The number of carbonyl (C=O) groups is 2. The second-order valence-electron chi connectivity index (χ2n) is 9.43. The summed E-state index contributed by atoms with van der Waals surface area (Å²) in [4.78, 5) is 23.1. The molecular weight excluding hydrogens is 428 g/mol. The summed E-state index contributed by atoms with van der Waals surface area (Å²) in [6.45, 7) is 18.1. The molecular formula is C27H46N4O3. The fourth-order valence-electron chi connectivity index (χ4n) is 3.93. The van der Waals surface area contributed by atoms with Crippen LogP contribution in [0.15, 0.2) is 36.0 Å². The van der Waals surface area contributed by atoms with Gasteiger partial charge in [0.25, 0.3) is 5.91 Å². The van der Waals surface area contributed by atoms with Crippen molar-refractivity contribution in [3.63, 3.8) is 0 Å². The van der Waals surface area contributed by atoms with E-state index in [0.717, 1.165) is 18.7 Å². The average molecular weight is 475 g/mol. The maximum absolute atomic E-state index is 13.2. The molecule has 2 unspecified atom stereocenters. The molecule has 0 aromatic heterocycles. The van der Waals surface area contributed by atoms with Gasteiger partial charge >= 0.3 is 0 Å². The summed E-state index contributed by atoms with van der Waals surface area (Å²) < 4.78 is 5.75. The van der Waals surface area contributed by atoms with E-state index in [9.17, 15) is 4.79 Å². The smallest absolute Gasteiger partial charge is 0.272 e. The SMILES string of the molecule is C=O.CC.CCCCCC1CN(CNCOC(C)(C)C)C(=O)C2=CC(c3ccc(C)cc3)NN21. The number of unbranched alkanes of at least 4 members (excludes halogenated alkanes) is 2. The van der Waals surface area contributed by atoms with Crippen LogP contribution in [0.2, 0.25) is 0 Å². The van der Waals surface area contributed by atoms with Crippen molar-refractivity contribution in [1.82, 2.24) is 20.7 Å². The zero-order chi connectivity index (χ0) is 25.7. The molecule has 1 fully saturated rings. The Morgan fingerprint density at radius 1 is 1.15 bits per heavy atom. The van der Waals surface area contributed by atoms with E-state index < -0.39 is 0 Å². The highest BCUT2D eigenvalue weighted by Gasteiger charge is 2.40. The minimum atomic E-state index is -0.197. The number of aryl methyl sites for hydroxylation is 1. The third-order valence-corrected chi connectivity index (χ3v) is 5.65. The highest BCUT2D eigenvalue weighted by atomic mass is 16.5. The monoisotopic (exact) mass is 474 g/mol. The molecule has 0 radical (unpaired) electrons. The Kier molecular flexibility index (Phi) is 13.1. The molecule has 1 aromatic rings. The number of hydrazine groups is 1. The number of hydrogen-bond donors (Lipinski definition) is 2. The summed E-state index contributed by atoms with van der Waals surface area (Å²) in [5, 5.41) is 5.41. The van der Waals surface area contributed by atoms with E-state index in [-0.39, 0.29) is 23.6 Å². The average Bonchev–Trinajstić information content (AvgIpc) is 3.28. The predicted molar refractivity (Wildman–Crippen MR) is 139 cm³/mol. The van der Waals surface area contributed by atoms with E-state index in [4.69, 9.17) is 9.53 Å². The molecule has 7 heteroatoms. The molecule has 0 saturated carbocycles. The first-order valence-corrected chi connectivity index (χ1v) is 12.5. The molecule has 192 valence electrons. The van der Waals surface area contributed by atoms with Gasteiger partial charge in [0.15, 0.2) is 0 Å². The van der Waals surface area contributed by atoms with Crippen molar-refractivity contribution in [3.05, 3.63) is 47.2 Å². The van der Waals surface area contributed by atoms with Crippen molar-refractivity contribution in [2.24, 2.45) is 0 Å². The number of piperazine rings is 1. The van der Waals surface area contributed by atoms with Crippen LogP contribution < -0.4 is 10.7 Å². The van der Waals surface area contributed by atoms with Crippen molar-refractivity contribution >= 4 is 12.7 Å². The Balaban J connectivity index is 0.00000137. The van der Waals surface area contributed by atoms with Crippen molar-refractivity contribution in [2.75, 3.05) is 19.9 Å². The largest absolute Gasteiger partial charge is 0.361 e. The third-order valence-electron chi connectivity index (χ3n) is 5.65. The Bertz CT molecular complexity index is 758. The van der Waals surface area contributed by atoms with Gasteiger partial charge in [-0.2, -0.15) is 0 Å². The van der Waals surface area contributed by atoms with Gasteiger partial charge in [-0.05, 0) is 45.8 Å². The molecule has 2 atom stereocenters. The minimum Gasteiger partial charge on any atom is -0.361 e. The lowest BCUT2D eigenvalue weighted by Gasteiger charge is -2.41. The number of nitrogens with zero attached hydrogens (tertiary/aromatic N) is 2. The number of ether oxygens (including phenoxy) is 1. The van der Waals surface area contributed by atoms with Crippen LogP contribution in [0.3, 0.4) is 0 Å². The molecule has 2 aliphatic heterocycles. The van der Waals surface area contributed by atoms with Crippen LogP contribution in [0, 0.1) is 6.92 Å². The lowest BCUT2D eigenvalue weighted by Crippen LogP contribution is -2.58. The lowest BCUT2D eigenvalue weighted by molar-refractivity contribution is -0.135. The fourth-order valence-corrected chi connectivity index (χ4v) is 3.93. The molecule has 1 saturated heterocycles. The number of benzene rings is 1. The van der Waals surface area contributed by atoms with Crippen molar-refractivity contribution in [2.45, 2.75) is 91.8 Å². The van der Waals surface area contributed by atoms with Gasteiger partial charge in [0, 0.05) is 6.54 Å². The van der Waals surface area contributed by atoms with Gasteiger partial charge in [-0.15, -0.1) is 0 Å². The zero-order valence-corrected chi connectivity index (χ0v) is 22.3. The van der Waals surface area contributed by atoms with Crippen molar-refractivity contribution in [1.29, 1.82) is 0 Å². The number of fused-ring (bicyclic) bond motifs is 1. The van der Waals surface area contributed by atoms with Gasteiger partial charge in [0.1, 0.15) is 12.5 Å². The second kappa shape index (κ2) is 14.9. The normalized spacial score (nSPS) is 19.5. The molecule has 1 amide bonds. The van der Waals surface area contributed by atoms with Gasteiger partial charge in [-0.3, -0.25) is 15.1 Å². The van der Waals surface area contributed by atoms with Crippen molar-refractivity contribution < 1.29 is 14.3 Å². The van der Waals surface area contributed by atoms with Crippen LogP contribution in [-0.4, -0.2) is 54.2 Å². The van der Waals surface area contributed by atoms with Gasteiger partial charge in [-0.25, -0.2) is 5.43 Å². The molecule has 2 aliphatic rings. The van der Waals surface area contributed by atoms with Crippen LogP contribution in [0.5, 0.6) is 0 Å². The van der Waals surface area contributed by atoms with Gasteiger partial charge in [0.05, 0.1) is 31.1 Å². The Hall–Kier alpha value is -2.22. The Morgan fingerprint density at radius 2 is 1.79 bits per heavy atom. The molecule has 34 heavy (non-hydrogen) atoms. The van der Waals surface area contributed by atoms with Crippen LogP contribution in [0.25, 0.3) is 0 Å². The number of hydrogen-bond acceptors (Lipinski definition) is 6. The zero-order valence-electron chi connectivity index (χ0n) is 22.3. The molecule has 0 bridgehead atoms. The molecule has 3 rings (SSSR count). The highest BCUT2D eigenvalue weighted by molar-refractivity contribution is 5.94. The van der Waals surface area contributed by atoms with E-state index >= 15 is 0 Å². The topological polar surface area (TPSA) is 73.9 Å². The number of nitrogens with one attached hydrogen (secondary N) is 2. The van der Waals surface area contributed by atoms with Crippen LogP contribution in [-0.2, 0) is 14.3 Å². The third kappa shape index (κ3) is 8.85. The molecule has 0 aliphatic carbocycles. The molecule has 2 heterocycles. The quantitative estimate of drug-likeness (QED) is 0.399. The standard InChI is InChI=1S/C24H38N4O2.C2H6.CH2O/c1-6-7-8-9-20-15-27(16-25-17-30-24(3,4)5)23(29)22-14-21(26-28(20)22)19-12-10-18(2)11-13-19;2*1-2/h10-14,20-21,25-26H,6-9,15-17H2,1-5H3;1-2H3;1H2. The van der Waals surface area contributed by atoms with E-state index in [0.29, 0.717) is 13.4 Å². The van der Waals surface area contributed by atoms with E-state index in [2.05, 4.69) is 59.9 Å². The predicted octanol–water partition coefficient (Wildman–Crippen LogP) is 4.69. The Labute approximate surface area is 206 Å². The summed E-state index contributed by atoms with van der Waals surface area (Å²) in [6, 6.07) is 8.85. The van der Waals surface area contributed by atoms with E-state index in [1.807, 2.05) is 46.3 Å². The summed E-state index contributed by atoms with van der Waals surface area (Å²) in [5.74, 6) is 0.0760. The summed E-state index contributed by atoms with van der Waals surface area (Å²) >= 11 is 0. The molecule has 2 N–H and O–H groups in total. The van der Waals surface area contributed by atoms with E-state index in [1.54, 1.807) is 0 Å². The van der Waals surface area contributed by atoms with Crippen LogP contribution in [0.1, 0.15) is 84.4 Å². The Morgan fingerprint density at radius 3 is 2.38 bits per heavy atom. The molecule has 7 nitrogen and oxygen atoms in total. The first-order chi connectivity index (χ1) is 16.3. The highest BCUT2D eigenvalue weighted by Crippen LogP contribution is 2.32. The van der Waals surface area contributed by atoms with Gasteiger partial charge in [-0.1, -0.05) is 69.9 Å². The maximum Gasteiger partial charge on any atom is 0.272 e. The van der Waals surface area contributed by atoms with Crippen LogP contribution >= 0.6 is 0 Å². The molecule has 0 spiro atoms.